The molecule has 0 unspecified atom stereocenters. The zero-order valence-electron chi connectivity index (χ0n) is 18.3. The monoisotopic (exact) mass is 483 g/mol. The first kappa shape index (κ1) is 25.6. The maximum absolute atomic E-state index is 11.6. The molecule has 0 aromatic heterocycles. The number of rotatable bonds is 11. The third-order valence-corrected chi connectivity index (χ3v) is 4.92. The van der Waals surface area contributed by atoms with Gasteiger partial charge in [0.25, 0.3) is 0 Å². The molecule has 9 heteroatoms. The Morgan fingerprint density at radius 2 is 1.72 bits per heavy atom. The second-order valence-corrected chi connectivity index (χ2v) is 7.57. The Labute approximate surface area is 197 Å². The molecule has 0 aliphatic heterocycles. The highest BCUT2D eigenvalue weighted by molar-refractivity contribution is 6.37. The van der Waals surface area contributed by atoms with E-state index in [1.807, 2.05) is 12.1 Å². The number of nitrogens with one attached hydrogen (secondary N) is 1. The highest BCUT2D eigenvalue weighted by Crippen LogP contribution is 2.38. The molecule has 0 atom stereocenters. The van der Waals surface area contributed by atoms with Crippen LogP contribution < -0.4 is 14.8 Å². The maximum atomic E-state index is 11.6. The van der Waals surface area contributed by atoms with Crippen molar-refractivity contribution >= 4 is 35.3 Å². The summed E-state index contributed by atoms with van der Waals surface area (Å²) < 4.78 is 21.1. The molecule has 7 nitrogen and oxygen atoms in total. The first-order chi connectivity index (χ1) is 15.4. The maximum Gasteiger partial charge on any atom is 0.407 e. The molecule has 1 amide bonds. The highest BCUT2D eigenvalue weighted by Gasteiger charge is 2.13. The van der Waals surface area contributed by atoms with Gasteiger partial charge in [0.2, 0.25) is 0 Å². The number of ether oxygens (including phenoxy) is 4. The van der Waals surface area contributed by atoms with Gasteiger partial charge in [-0.15, -0.1) is 0 Å². The van der Waals surface area contributed by atoms with E-state index in [9.17, 15) is 9.59 Å². The van der Waals surface area contributed by atoms with Crippen molar-refractivity contribution in [1.29, 1.82) is 0 Å². The molecule has 0 aliphatic carbocycles. The van der Waals surface area contributed by atoms with E-state index in [-0.39, 0.29) is 19.8 Å². The Balaban J connectivity index is 1.96. The predicted molar refractivity (Wildman–Crippen MR) is 123 cm³/mol. The van der Waals surface area contributed by atoms with Crippen molar-refractivity contribution < 1.29 is 28.5 Å². The van der Waals surface area contributed by atoms with Crippen LogP contribution in [0.25, 0.3) is 0 Å². The van der Waals surface area contributed by atoms with E-state index in [4.69, 9.17) is 42.1 Å². The largest absolute Gasteiger partial charge is 0.496 e. The van der Waals surface area contributed by atoms with Crippen molar-refractivity contribution in [2.75, 3.05) is 26.9 Å². The van der Waals surface area contributed by atoms with Crippen LogP contribution in [0, 0.1) is 0 Å². The standard InChI is InChI=1S/C23H27Cl2NO6/c1-4-6-16-13-17(7-8-20(16)29-3)32-22-18(24)11-15(12-19(22)25)9-10-31-23(28)26-14-21(27)30-5-2/h7-8,11-13H,4-6,9-10,14H2,1-3H3,(H,26,28). The lowest BCUT2D eigenvalue weighted by atomic mass is 10.1. The van der Waals surface area contributed by atoms with Crippen LogP contribution in [-0.4, -0.2) is 38.9 Å². The molecule has 0 bridgehead atoms. The number of hydrogen-bond donors (Lipinski definition) is 1. The van der Waals surface area contributed by atoms with Crippen molar-refractivity contribution in [1.82, 2.24) is 5.32 Å². The summed E-state index contributed by atoms with van der Waals surface area (Å²) in [6.07, 6.45) is 1.50. The normalized spacial score (nSPS) is 10.4. The fourth-order valence-corrected chi connectivity index (χ4v) is 3.53. The van der Waals surface area contributed by atoms with Gasteiger partial charge in [0, 0.05) is 6.42 Å². The van der Waals surface area contributed by atoms with Gasteiger partial charge in [0.05, 0.1) is 30.4 Å². The molecule has 0 saturated carbocycles. The number of carbonyl (C=O) groups is 2. The Morgan fingerprint density at radius 1 is 1.00 bits per heavy atom. The van der Waals surface area contributed by atoms with Crippen LogP contribution in [0.5, 0.6) is 17.2 Å². The first-order valence-corrected chi connectivity index (χ1v) is 11.0. The molecule has 0 radical (unpaired) electrons. The SMILES string of the molecule is CCCc1cc(Oc2c(Cl)cc(CCOC(=O)NCC(=O)OCC)cc2Cl)ccc1OC. The quantitative estimate of drug-likeness (QED) is 0.420. The molecule has 0 heterocycles. The van der Waals surface area contributed by atoms with E-state index in [1.54, 1.807) is 32.2 Å². The predicted octanol–water partition coefficient (Wildman–Crippen LogP) is 5.58. The lowest BCUT2D eigenvalue weighted by Crippen LogP contribution is -2.31. The zero-order valence-corrected chi connectivity index (χ0v) is 19.8. The average molecular weight is 484 g/mol. The fourth-order valence-electron chi connectivity index (χ4n) is 2.92. The Kier molecular flexibility index (Phi) is 10.4. The number of methoxy groups -OCH3 is 1. The van der Waals surface area contributed by atoms with Crippen LogP contribution in [0.15, 0.2) is 30.3 Å². The van der Waals surface area contributed by atoms with E-state index < -0.39 is 12.1 Å². The summed E-state index contributed by atoms with van der Waals surface area (Å²) in [7, 11) is 1.63. The van der Waals surface area contributed by atoms with Gasteiger partial charge in [0.15, 0.2) is 5.75 Å². The number of benzene rings is 2. The van der Waals surface area contributed by atoms with E-state index in [1.165, 1.54) is 0 Å². The summed E-state index contributed by atoms with van der Waals surface area (Å²) in [6.45, 7) is 3.86. The molecule has 0 aliphatic rings. The van der Waals surface area contributed by atoms with Crippen molar-refractivity contribution in [3.63, 3.8) is 0 Å². The van der Waals surface area contributed by atoms with Gasteiger partial charge in [-0.25, -0.2) is 4.79 Å². The van der Waals surface area contributed by atoms with Crippen LogP contribution in [-0.2, 0) is 27.1 Å². The third-order valence-electron chi connectivity index (χ3n) is 4.36. The molecule has 0 spiro atoms. The molecule has 0 fully saturated rings. The first-order valence-electron chi connectivity index (χ1n) is 10.3. The number of esters is 1. The molecule has 2 aromatic rings. The number of carbonyl (C=O) groups excluding carboxylic acids is 2. The Hall–Kier alpha value is -2.64. The number of alkyl carbamates (subject to hydrolysis) is 1. The van der Waals surface area contributed by atoms with Crippen molar-refractivity contribution in [3.8, 4) is 17.2 Å². The summed E-state index contributed by atoms with van der Waals surface area (Å²) in [5, 5.41) is 3.00. The molecule has 2 rings (SSSR count). The third kappa shape index (κ3) is 7.80. The average Bonchev–Trinajstić information content (AvgIpc) is 2.75. The van der Waals surface area contributed by atoms with Gasteiger partial charge >= 0.3 is 12.1 Å². The van der Waals surface area contributed by atoms with Crippen LogP contribution in [0.2, 0.25) is 10.0 Å². The second kappa shape index (κ2) is 13.0. The van der Waals surface area contributed by atoms with Crippen molar-refractivity contribution in [2.45, 2.75) is 33.1 Å². The minimum absolute atomic E-state index is 0.0837. The van der Waals surface area contributed by atoms with Crippen LogP contribution >= 0.6 is 23.2 Å². The lowest BCUT2D eigenvalue weighted by Gasteiger charge is -2.14. The Morgan fingerprint density at radius 3 is 2.34 bits per heavy atom. The van der Waals surface area contributed by atoms with Crippen molar-refractivity contribution in [3.05, 3.63) is 51.5 Å². The molecular formula is C23H27Cl2NO6. The molecular weight excluding hydrogens is 457 g/mol. The zero-order chi connectivity index (χ0) is 23.5. The van der Waals surface area contributed by atoms with Crippen LogP contribution in [0.4, 0.5) is 4.79 Å². The molecule has 0 saturated heterocycles. The lowest BCUT2D eigenvalue weighted by molar-refractivity contribution is -0.141. The molecule has 32 heavy (non-hydrogen) atoms. The van der Waals surface area contributed by atoms with E-state index in [2.05, 4.69) is 12.2 Å². The van der Waals surface area contributed by atoms with Gasteiger partial charge in [-0.2, -0.15) is 0 Å². The molecule has 174 valence electrons. The topological polar surface area (TPSA) is 83.1 Å². The van der Waals surface area contributed by atoms with Gasteiger partial charge in [-0.1, -0.05) is 36.5 Å². The number of amides is 1. The van der Waals surface area contributed by atoms with Gasteiger partial charge < -0.3 is 24.3 Å². The second-order valence-electron chi connectivity index (χ2n) is 6.76. The van der Waals surface area contributed by atoms with Crippen molar-refractivity contribution in [2.24, 2.45) is 0 Å². The molecule has 2 aromatic carbocycles. The number of hydrogen-bond acceptors (Lipinski definition) is 6. The summed E-state index contributed by atoms with van der Waals surface area (Å²) >= 11 is 12.8. The summed E-state index contributed by atoms with van der Waals surface area (Å²) in [6, 6.07) is 8.96. The van der Waals surface area contributed by atoms with Gasteiger partial charge in [0.1, 0.15) is 18.0 Å². The summed E-state index contributed by atoms with van der Waals surface area (Å²) in [5.74, 6) is 1.22. The minimum Gasteiger partial charge on any atom is -0.496 e. The van der Waals surface area contributed by atoms with E-state index >= 15 is 0 Å². The summed E-state index contributed by atoms with van der Waals surface area (Å²) in [4.78, 5) is 22.9. The van der Waals surface area contributed by atoms with Crippen LogP contribution in [0.1, 0.15) is 31.4 Å². The fraction of sp³-hybridized carbons (Fsp3) is 0.391. The van der Waals surface area contributed by atoms with Gasteiger partial charge in [-0.3, -0.25) is 4.79 Å². The molecule has 1 N–H and O–H groups in total. The van der Waals surface area contributed by atoms with Gasteiger partial charge in [-0.05, 0) is 54.8 Å². The van der Waals surface area contributed by atoms with E-state index in [0.29, 0.717) is 28.0 Å². The smallest absolute Gasteiger partial charge is 0.407 e. The highest BCUT2D eigenvalue weighted by atomic mass is 35.5. The Bertz CT molecular complexity index is 912. The minimum atomic E-state index is -0.711. The van der Waals surface area contributed by atoms with Crippen LogP contribution in [0.3, 0.4) is 0 Å². The van der Waals surface area contributed by atoms with E-state index in [0.717, 1.165) is 29.7 Å². The number of aryl methyl sites for hydroxylation is 1. The number of halogens is 2. The summed E-state index contributed by atoms with van der Waals surface area (Å²) in [5.41, 5.74) is 1.81.